The molecule has 0 heterocycles. The highest BCUT2D eigenvalue weighted by Crippen LogP contribution is 2.06. The lowest BCUT2D eigenvalue weighted by Crippen LogP contribution is -2.08. The first kappa shape index (κ1) is 9.49. The Balaban J connectivity index is 4.03. The second-order valence-electron chi connectivity index (χ2n) is 1.88. The monoisotopic (exact) mass is 207 g/mol. The predicted molar refractivity (Wildman–Crippen MR) is 42.7 cm³/mol. The quantitative estimate of drug-likeness (QED) is 0.384. The van der Waals surface area contributed by atoms with Gasteiger partial charge in [-0.05, 0) is 15.9 Å². The van der Waals surface area contributed by atoms with Gasteiger partial charge in [-0.3, -0.25) is 0 Å². The van der Waals surface area contributed by atoms with Crippen molar-refractivity contribution >= 4 is 21.9 Å². The van der Waals surface area contributed by atoms with Crippen molar-refractivity contribution < 1.29 is 9.53 Å². The number of hydrogen-bond acceptors (Lipinski definition) is 3. The second kappa shape index (κ2) is 4.33. The number of rotatable bonds is 2. The maximum Gasteiger partial charge on any atom is 0.333 e. The first-order chi connectivity index (χ1) is 4.57. The Kier molecular flexibility index (Phi) is 4.11. The second-order valence-corrected chi connectivity index (χ2v) is 2.70. The van der Waals surface area contributed by atoms with Gasteiger partial charge in [-0.1, -0.05) is 0 Å². The summed E-state index contributed by atoms with van der Waals surface area (Å²) in [6.07, 6.45) is 1.36. The van der Waals surface area contributed by atoms with Crippen LogP contribution in [0.15, 0.2) is 10.7 Å². The molecule has 10 heavy (non-hydrogen) atoms. The third-order valence-corrected chi connectivity index (χ3v) is 1.80. The standard InChI is InChI=1S/C6H10BrNO2/c1-8(2)5(7)4-6(9)10-3/h4H,1-3H3/b5-4-. The number of nitrogens with zero attached hydrogens (tertiary/aromatic N) is 1. The minimum absolute atomic E-state index is 0.361. The van der Waals surface area contributed by atoms with Crippen LogP contribution in [-0.4, -0.2) is 32.1 Å². The molecule has 0 aromatic carbocycles. The van der Waals surface area contributed by atoms with E-state index in [1.165, 1.54) is 13.2 Å². The number of esters is 1. The van der Waals surface area contributed by atoms with Crippen molar-refractivity contribution in [2.75, 3.05) is 21.2 Å². The summed E-state index contributed by atoms with van der Waals surface area (Å²) in [4.78, 5) is 12.3. The van der Waals surface area contributed by atoms with E-state index in [1.807, 2.05) is 14.1 Å². The van der Waals surface area contributed by atoms with Crippen LogP contribution in [0.3, 0.4) is 0 Å². The SMILES string of the molecule is COC(=O)/C=C(/Br)N(C)C. The first-order valence-corrected chi connectivity index (χ1v) is 3.49. The molecule has 0 aromatic rings. The van der Waals surface area contributed by atoms with Gasteiger partial charge in [0.15, 0.2) is 0 Å². The van der Waals surface area contributed by atoms with E-state index < -0.39 is 0 Å². The molecule has 0 unspecified atom stereocenters. The number of carbonyl (C=O) groups is 1. The van der Waals surface area contributed by atoms with E-state index in [-0.39, 0.29) is 5.97 Å². The molecule has 0 rings (SSSR count). The largest absolute Gasteiger partial charge is 0.466 e. The summed E-state index contributed by atoms with van der Waals surface area (Å²) >= 11 is 3.17. The summed E-state index contributed by atoms with van der Waals surface area (Å²) in [6, 6.07) is 0. The van der Waals surface area contributed by atoms with E-state index >= 15 is 0 Å². The Morgan fingerprint density at radius 3 is 2.40 bits per heavy atom. The smallest absolute Gasteiger partial charge is 0.333 e. The van der Waals surface area contributed by atoms with Crippen LogP contribution in [0.2, 0.25) is 0 Å². The topological polar surface area (TPSA) is 29.5 Å². The van der Waals surface area contributed by atoms with Gasteiger partial charge in [0, 0.05) is 14.1 Å². The zero-order valence-corrected chi connectivity index (χ0v) is 7.81. The van der Waals surface area contributed by atoms with E-state index in [0.717, 1.165) is 0 Å². The van der Waals surface area contributed by atoms with Gasteiger partial charge < -0.3 is 9.64 Å². The molecule has 0 aliphatic rings. The van der Waals surface area contributed by atoms with Gasteiger partial charge in [-0.2, -0.15) is 0 Å². The van der Waals surface area contributed by atoms with Gasteiger partial charge in [-0.15, -0.1) is 0 Å². The van der Waals surface area contributed by atoms with Crippen LogP contribution in [0, 0.1) is 0 Å². The van der Waals surface area contributed by atoms with Crippen molar-refractivity contribution in [2.45, 2.75) is 0 Å². The summed E-state index contributed by atoms with van der Waals surface area (Å²) in [6.45, 7) is 0. The molecular weight excluding hydrogens is 198 g/mol. The van der Waals surface area contributed by atoms with Gasteiger partial charge in [0.1, 0.15) is 0 Å². The van der Waals surface area contributed by atoms with Crippen LogP contribution < -0.4 is 0 Å². The Morgan fingerprint density at radius 1 is 1.60 bits per heavy atom. The molecule has 0 atom stereocenters. The molecule has 0 saturated carbocycles. The Morgan fingerprint density at radius 2 is 2.10 bits per heavy atom. The fourth-order valence-corrected chi connectivity index (χ4v) is 0.472. The molecule has 0 saturated heterocycles. The Bertz CT molecular complexity index is 154. The summed E-state index contributed by atoms with van der Waals surface area (Å²) in [7, 11) is 4.99. The molecule has 0 radical (unpaired) electrons. The maximum atomic E-state index is 10.6. The van der Waals surface area contributed by atoms with Gasteiger partial charge in [0.2, 0.25) is 0 Å². The highest BCUT2D eigenvalue weighted by atomic mass is 79.9. The maximum absolute atomic E-state index is 10.6. The summed E-state index contributed by atoms with van der Waals surface area (Å²) in [5.41, 5.74) is 0. The lowest BCUT2D eigenvalue weighted by Gasteiger charge is -2.08. The van der Waals surface area contributed by atoms with Gasteiger partial charge in [0.25, 0.3) is 0 Å². The molecular formula is C6H10BrNO2. The van der Waals surface area contributed by atoms with E-state index in [9.17, 15) is 4.79 Å². The molecule has 0 N–H and O–H groups in total. The van der Waals surface area contributed by atoms with Crippen molar-refractivity contribution in [3.63, 3.8) is 0 Å². The van der Waals surface area contributed by atoms with Crippen LogP contribution in [0.1, 0.15) is 0 Å². The number of methoxy groups -OCH3 is 1. The molecule has 3 nitrogen and oxygen atoms in total. The van der Waals surface area contributed by atoms with Crippen molar-refractivity contribution in [1.82, 2.24) is 4.90 Å². The van der Waals surface area contributed by atoms with E-state index in [4.69, 9.17) is 0 Å². The average Bonchev–Trinajstić information content (AvgIpc) is 1.87. The van der Waals surface area contributed by atoms with Crippen LogP contribution in [0.4, 0.5) is 0 Å². The van der Waals surface area contributed by atoms with Crippen molar-refractivity contribution in [2.24, 2.45) is 0 Å². The minimum Gasteiger partial charge on any atom is -0.466 e. The average molecular weight is 208 g/mol. The lowest BCUT2D eigenvalue weighted by molar-refractivity contribution is -0.134. The third kappa shape index (κ3) is 3.50. The number of ether oxygens (including phenoxy) is 1. The van der Waals surface area contributed by atoms with Crippen LogP contribution in [-0.2, 0) is 9.53 Å². The Labute approximate surface area is 68.8 Å². The molecule has 0 spiro atoms. The summed E-state index contributed by atoms with van der Waals surface area (Å²) in [5.74, 6) is -0.361. The number of halogens is 1. The van der Waals surface area contributed by atoms with Gasteiger partial charge >= 0.3 is 5.97 Å². The zero-order valence-electron chi connectivity index (χ0n) is 6.22. The normalized spacial score (nSPS) is 11.0. The van der Waals surface area contributed by atoms with E-state index in [1.54, 1.807) is 4.90 Å². The fourth-order valence-electron chi connectivity index (χ4n) is 0.285. The lowest BCUT2D eigenvalue weighted by atomic mass is 10.6. The molecule has 0 bridgehead atoms. The zero-order chi connectivity index (χ0) is 8.15. The molecule has 0 aromatic heterocycles. The van der Waals surface area contributed by atoms with E-state index in [0.29, 0.717) is 4.61 Å². The molecule has 4 heteroatoms. The molecule has 0 amide bonds. The van der Waals surface area contributed by atoms with E-state index in [2.05, 4.69) is 20.7 Å². The highest BCUT2D eigenvalue weighted by molar-refractivity contribution is 9.11. The summed E-state index contributed by atoms with van der Waals surface area (Å²) in [5, 5.41) is 0. The van der Waals surface area contributed by atoms with Crippen molar-refractivity contribution in [1.29, 1.82) is 0 Å². The molecule has 0 aliphatic heterocycles. The third-order valence-electron chi connectivity index (χ3n) is 0.865. The van der Waals surface area contributed by atoms with Crippen LogP contribution in [0.25, 0.3) is 0 Å². The van der Waals surface area contributed by atoms with Crippen molar-refractivity contribution in [3.8, 4) is 0 Å². The number of hydrogen-bond donors (Lipinski definition) is 0. The molecule has 58 valence electrons. The van der Waals surface area contributed by atoms with Crippen molar-refractivity contribution in [3.05, 3.63) is 10.7 Å². The van der Waals surface area contributed by atoms with Crippen LogP contribution in [0.5, 0.6) is 0 Å². The minimum atomic E-state index is -0.361. The molecule has 0 fully saturated rings. The van der Waals surface area contributed by atoms with Gasteiger partial charge in [0.05, 0.1) is 17.8 Å². The molecule has 0 aliphatic carbocycles. The van der Waals surface area contributed by atoms with Crippen LogP contribution >= 0.6 is 15.9 Å². The Hall–Kier alpha value is -0.510. The first-order valence-electron chi connectivity index (χ1n) is 2.70. The highest BCUT2D eigenvalue weighted by Gasteiger charge is 1.98. The fraction of sp³-hybridized carbons (Fsp3) is 0.500. The summed E-state index contributed by atoms with van der Waals surface area (Å²) < 4.78 is 5.09. The predicted octanol–water partition coefficient (Wildman–Crippen LogP) is 0.957. The number of carbonyl (C=O) groups excluding carboxylic acids is 1. The van der Waals surface area contributed by atoms with Gasteiger partial charge in [-0.25, -0.2) is 4.79 Å².